The fourth-order valence-corrected chi connectivity index (χ4v) is 4.06. The van der Waals surface area contributed by atoms with Crippen LogP contribution in [0.3, 0.4) is 0 Å². The Morgan fingerprint density at radius 1 is 1.25 bits per heavy atom. The van der Waals surface area contributed by atoms with Gasteiger partial charge in [-0.15, -0.1) is 0 Å². The average Bonchev–Trinajstić information content (AvgIpc) is 3.02. The fourth-order valence-electron chi connectivity index (χ4n) is 4.06. The van der Waals surface area contributed by atoms with Crippen molar-refractivity contribution in [2.75, 3.05) is 40.3 Å². The van der Waals surface area contributed by atoms with Gasteiger partial charge in [-0.25, -0.2) is 0 Å². The van der Waals surface area contributed by atoms with Gasteiger partial charge in [0.05, 0.1) is 0 Å². The molecule has 3 rings (SSSR count). The lowest BCUT2D eigenvalue weighted by molar-refractivity contribution is 0.151. The van der Waals surface area contributed by atoms with Gasteiger partial charge >= 0.3 is 0 Å². The highest BCUT2D eigenvalue weighted by atomic mass is 15.3. The van der Waals surface area contributed by atoms with Crippen molar-refractivity contribution in [2.24, 2.45) is 10.4 Å². The van der Waals surface area contributed by atoms with Crippen LogP contribution in [-0.2, 0) is 6.54 Å². The SMILES string of the molecule is CN=C(NCCCN(C)Cc1ccccc1)N1CCC2(CCC2)C1. The maximum absolute atomic E-state index is 4.50. The number of benzene rings is 1. The molecule has 1 saturated heterocycles. The van der Waals surface area contributed by atoms with Crippen LogP contribution >= 0.6 is 0 Å². The highest BCUT2D eigenvalue weighted by molar-refractivity contribution is 5.80. The van der Waals surface area contributed by atoms with E-state index in [1.165, 1.54) is 44.3 Å². The first-order chi connectivity index (χ1) is 11.7. The lowest BCUT2D eigenvalue weighted by Gasteiger charge is -2.38. The van der Waals surface area contributed by atoms with Crippen molar-refractivity contribution >= 4 is 5.96 Å². The topological polar surface area (TPSA) is 30.9 Å². The number of hydrogen-bond donors (Lipinski definition) is 1. The molecule has 1 aromatic rings. The second kappa shape index (κ2) is 8.02. The first-order valence-electron chi connectivity index (χ1n) is 9.39. The molecule has 1 heterocycles. The van der Waals surface area contributed by atoms with E-state index in [-0.39, 0.29) is 0 Å². The number of nitrogens with zero attached hydrogens (tertiary/aromatic N) is 3. The second-order valence-electron chi connectivity index (χ2n) is 7.58. The van der Waals surface area contributed by atoms with Crippen LogP contribution in [-0.4, -0.2) is 56.0 Å². The van der Waals surface area contributed by atoms with Crippen molar-refractivity contribution in [3.63, 3.8) is 0 Å². The Kier molecular flexibility index (Phi) is 5.77. The predicted octanol–water partition coefficient (Wildman–Crippen LogP) is 2.96. The Bertz CT molecular complexity index is 536. The molecular formula is C20H32N4. The van der Waals surface area contributed by atoms with Crippen LogP contribution in [0, 0.1) is 5.41 Å². The number of nitrogens with one attached hydrogen (secondary N) is 1. The van der Waals surface area contributed by atoms with E-state index in [0.717, 1.165) is 32.0 Å². The summed E-state index contributed by atoms with van der Waals surface area (Å²) >= 11 is 0. The molecule has 0 amide bonds. The van der Waals surface area contributed by atoms with Crippen LogP contribution in [0.4, 0.5) is 0 Å². The molecule has 1 aromatic carbocycles. The molecular weight excluding hydrogens is 296 g/mol. The predicted molar refractivity (Wildman–Crippen MR) is 101 cm³/mol. The fraction of sp³-hybridized carbons (Fsp3) is 0.650. The van der Waals surface area contributed by atoms with Gasteiger partial charge < -0.3 is 15.1 Å². The minimum Gasteiger partial charge on any atom is -0.356 e. The third kappa shape index (κ3) is 4.29. The Labute approximate surface area is 146 Å². The zero-order chi connectivity index (χ0) is 16.8. The van der Waals surface area contributed by atoms with E-state index in [4.69, 9.17) is 0 Å². The minimum atomic E-state index is 0.632. The number of likely N-dealkylation sites (tertiary alicyclic amines) is 1. The second-order valence-corrected chi connectivity index (χ2v) is 7.58. The molecule has 1 aliphatic carbocycles. The molecule has 2 aliphatic rings. The maximum atomic E-state index is 4.50. The highest BCUT2D eigenvalue weighted by Crippen LogP contribution is 2.47. The zero-order valence-corrected chi connectivity index (χ0v) is 15.3. The summed E-state index contributed by atoms with van der Waals surface area (Å²) in [4.78, 5) is 9.35. The molecule has 132 valence electrons. The summed E-state index contributed by atoms with van der Waals surface area (Å²) in [7, 11) is 4.11. The summed E-state index contributed by atoms with van der Waals surface area (Å²) in [5, 5.41) is 3.57. The van der Waals surface area contributed by atoms with Gasteiger partial charge in [0.1, 0.15) is 0 Å². The van der Waals surface area contributed by atoms with Crippen LogP contribution in [0.1, 0.15) is 37.7 Å². The summed E-state index contributed by atoms with van der Waals surface area (Å²) in [5.74, 6) is 1.10. The Morgan fingerprint density at radius 3 is 2.67 bits per heavy atom. The van der Waals surface area contributed by atoms with Crippen LogP contribution in [0.2, 0.25) is 0 Å². The summed E-state index contributed by atoms with van der Waals surface area (Å²) in [5.41, 5.74) is 2.01. The van der Waals surface area contributed by atoms with Gasteiger partial charge in [0.25, 0.3) is 0 Å². The molecule has 0 radical (unpaired) electrons. The van der Waals surface area contributed by atoms with Gasteiger partial charge in [0.2, 0.25) is 0 Å². The number of hydrogen-bond acceptors (Lipinski definition) is 2. The third-order valence-electron chi connectivity index (χ3n) is 5.66. The Hall–Kier alpha value is -1.55. The normalized spacial score (nSPS) is 19.8. The van der Waals surface area contributed by atoms with E-state index >= 15 is 0 Å². The molecule has 2 fully saturated rings. The molecule has 24 heavy (non-hydrogen) atoms. The molecule has 1 spiro atoms. The van der Waals surface area contributed by atoms with E-state index in [1.54, 1.807) is 0 Å². The smallest absolute Gasteiger partial charge is 0.193 e. The number of aliphatic imine (C=N–C) groups is 1. The quantitative estimate of drug-likeness (QED) is 0.495. The standard InChI is InChI=1S/C20H32N4/c1-21-19(24-15-12-20(17-24)10-6-11-20)22-13-7-14-23(2)16-18-8-4-3-5-9-18/h3-5,8-9H,6-7,10-17H2,1-2H3,(H,21,22). The van der Waals surface area contributed by atoms with E-state index in [2.05, 4.69) is 57.5 Å². The zero-order valence-electron chi connectivity index (χ0n) is 15.3. The lowest BCUT2D eigenvalue weighted by atomic mass is 9.68. The number of guanidine groups is 1. The maximum Gasteiger partial charge on any atom is 0.193 e. The summed E-state index contributed by atoms with van der Waals surface area (Å²) in [6.45, 7) is 5.50. The Morgan fingerprint density at radius 2 is 2.04 bits per heavy atom. The van der Waals surface area contributed by atoms with Crippen molar-refractivity contribution in [3.8, 4) is 0 Å². The molecule has 1 aliphatic heterocycles. The van der Waals surface area contributed by atoms with Crippen molar-refractivity contribution in [1.29, 1.82) is 0 Å². The molecule has 1 saturated carbocycles. The molecule has 0 unspecified atom stereocenters. The number of rotatable bonds is 6. The van der Waals surface area contributed by atoms with Gasteiger partial charge in [-0.1, -0.05) is 36.8 Å². The molecule has 4 nitrogen and oxygen atoms in total. The van der Waals surface area contributed by atoms with E-state index in [9.17, 15) is 0 Å². The van der Waals surface area contributed by atoms with Crippen LogP contribution < -0.4 is 5.32 Å². The average molecular weight is 329 g/mol. The van der Waals surface area contributed by atoms with Crippen molar-refractivity contribution in [1.82, 2.24) is 15.1 Å². The first-order valence-corrected chi connectivity index (χ1v) is 9.39. The highest BCUT2D eigenvalue weighted by Gasteiger charge is 2.43. The van der Waals surface area contributed by atoms with Crippen molar-refractivity contribution in [2.45, 2.75) is 38.6 Å². The molecule has 4 heteroatoms. The molecule has 0 bridgehead atoms. The van der Waals surface area contributed by atoms with Crippen LogP contribution in [0.15, 0.2) is 35.3 Å². The summed E-state index contributed by atoms with van der Waals surface area (Å²) in [6, 6.07) is 10.7. The summed E-state index contributed by atoms with van der Waals surface area (Å²) in [6.07, 6.45) is 6.76. The van der Waals surface area contributed by atoms with E-state index in [1.807, 2.05) is 7.05 Å². The first kappa shape index (κ1) is 17.3. The van der Waals surface area contributed by atoms with Crippen molar-refractivity contribution < 1.29 is 0 Å². The monoisotopic (exact) mass is 328 g/mol. The van der Waals surface area contributed by atoms with Crippen LogP contribution in [0.25, 0.3) is 0 Å². The van der Waals surface area contributed by atoms with Crippen molar-refractivity contribution in [3.05, 3.63) is 35.9 Å². The molecule has 0 aromatic heterocycles. The third-order valence-corrected chi connectivity index (χ3v) is 5.66. The lowest BCUT2D eigenvalue weighted by Crippen LogP contribution is -2.43. The van der Waals surface area contributed by atoms with Gasteiger partial charge in [0.15, 0.2) is 5.96 Å². The van der Waals surface area contributed by atoms with Crippen LogP contribution in [0.5, 0.6) is 0 Å². The largest absolute Gasteiger partial charge is 0.356 e. The molecule has 0 atom stereocenters. The molecule has 1 N–H and O–H groups in total. The van der Waals surface area contributed by atoms with E-state index in [0.29, 0.717) is 5.41 Å². The Balaban J connectivity index is 1.34. The van der Waals surface area contributed by atoms with Gasteiger partial charge in [0, 0.05) is 33.2 Å². The van der Waals surface area contributed by atoms with Gasteiger partial charge in [-0.05, 0) is 50.3 Å². The minimum absolute atomic E-state index is 0.632. The van der Waals surface area contributed by atoms with E-state index < -0.39 is 0 Å². The summed E-state index contributed by atoms with van der Waals surface area (Å²) < 4.78 is 0. The van der Waals surface area contributed by atoms with Gasteiger partial charge in [-0.3, -0.25) is 4.99 Å². The van der Waals surface area contributed by atoms with Gasteiger partial charge in [-0.2, -0.15) is 0 Å².